The van der Waals surface area contributed by atoms with E-state index in [1.165, 1.54) is 0 Å². The molecule has 5 heteroatoms. The van der Waals surface area contributed by atoms with Gasteiger partial charge in [0, 0.05) is 19.0 Å². The van der Waals surface area contributed by atoms with Gasteiger partial charge in [0.15, 0.2) is 0 Å². The van der Waals surface area contributed by atoms with Crippen molar-refractivity contribution in [2.75, 3.05) is 0 Å². The minimum Gasteiger partial charge on any atom is -0.309 e. The highest BCUT2D eigenvalue weighted by molar-refractivity contribution is 5.30. The summed E-state index contributed by atoms with van der Waals surface area (Å²) in [5.41, 5.74) is -0.948. The van der Waals surface area contributed by atoms with Crippen LogP contribution in [-0.4, -0.2) is 6.04 Å². The Kier molecular flexibility index (Phi) is 4.74. The average Bonchev–Trinajstić information content (AvgIpc) is 2.26. The highest BCUT2D eigenvalue weighted by Crippen LogP contribution is 2.32. The fourth-order valence-electron chi connectivity index (χ4n) is 1.50. The average molecular weight is 259 g/mol. The first-order chi connectivity index (χ1) is 8.34. The maximum atomic E-state index is 12.9. The summed E-state index contributed by atoms with van der Waals surface area (Å²) in [6, 6.07) is 2.55. The van der Waals surface area contributed by atoms with E-state index in [4.69, 9.17) is 6.42 Å². The van der Waals surface area contributed by atoms with E-state index in [1.807, 2.05) is 0 Å². The van der Waals surface area contributed by atoms with Crippen LogP contribution in [0.15, 0.2) is 18.2 Å². The lowest BCUT2D eigenvalue weighted by Gasteiger charge is -2.15. The summed E-state index contributed by atoms with van der Waals surface area (Å²) < 4.78 is 50.9. The molecule has 1 N–H and O–H groups in total. The van der Waals surface area contributed by atoms with Crippen LogP contribution in [0.1, 0.15) is 24.5 Å². The Balaban J connectivity index is 2.86. The second-order valence-electron chi connectivity index (χ2n) is 3.99. The zero-order chi connectivity index (χ0) is 13.8. The Morgan fingerprint density at radius 1 is 1.39 bits per heavy atom. The van der Waals surface area contributed by atoms with Gasteiger partial charge in [0.2, 0.25) is 0 Å². The number of halogens is 4. The maximum Gasteiger partial charge on any atom is 0.416 e. The van der Waals surface area contributed by atoms with Crippen LogP contribution in [0, 0.1) is 18.2 Å². The van der Waals surface area contributed by atoms with Crippen molar-refractivity contribution >= 4 is 0 Å². The largest absolute Gasteiger partial charge is 0.416 e. The van der Waals surface area contributed by atoms with Crippen molar-refractivity contribution in [1.29, 1.82) is 0 Å². The monoisotopic (exact) mass is 259 g/mol. The van der Waals surface area contributed by atoms with Gasteiger partial charge in [0.25, 0.3) is 0 Å². The second-order valence-corrected chi connectivity index (χ2v) is 3.99. The van der Waals surface area contributed by atoms with Crippen molar-refractivity contribution in [1.82, 2.24) is 5.32 Å². The lowest BCUT2D eigenvalue weighted by atomic mass is 10.1. The molecule has 1 aromatic carbocycles. The predicted octanol–water partition coefficient (Wildman–Crippen LogP) is 3.35. The van der Waals surface area contributed by atoms with E-state index < -0.39 is 17.6 Å². The number of hydrogen-bond donors (Lipinski definition) is 1. The van der Waals surface area contributed by atoms with Crippen molar-refractivity contribution < 1.29 is 17.6 Å². The second kappa shape index (κ2) is 5.87. The molecule has 1 unspecified atom stereocenters. The molecule has 0 aliphatic rings. The van der Waals surface area contributed by atoms with Crippen molar-refractivity contribution in [2.45, 2.75) is 32.1 Å². The molecular formula is C13H13F4N. The van der Waals surface area contributed by atoms with Gasteiger partial charge >= 0.3 is 6.18 Å². The van der Waals surface area contributed by atoms with Crippen LogP contribution in [0.5, 0.6) is 0 Å². The highest BCUT2D eigenvalue weighted by atomic mass is 19.4. The molecule has 0 spiro atoms. The van der Waals surface area contributed by atoms with Crippen LogP contribution >= 0.6 is 0 Å². The first kappa shape index (κ1) is 14.5. The minimum absolute atomic E-state index is 0.00201. The Bertz CT molecular complexity index is 445. The molecule has 0 heterocycles. The highest BCUT2D eigenvalue weighted by Gasteiger charge is 2.33. The quantitative estimate of drug-likeness (QED) is 0.646. The fourth-order valence-corrected chi connectivity index (χ4v) is 1.50. The van der Waals surface area contributed by atoms with Gasteiger partial charge in [-0.3, -0.25) is 0 Å². The van der Waals surface area contributed by atoms with Gasteiger partial charge < -0.3 is 5.32 Å². The lowest BCUT2D eigenvalue weighted by molar-refractivity contribution is -0.138. The first-order valence-electron chi connectivity index (χ1n) is 5.37. The van der Waals surface area contributed by atoms with E-state index in [1.54, 1.807) is 6.92 Å². The summed E-state index contributed by atoms with van der Waals surface area (Å²) in [4.78, 5) is 0. The first-order valence-corrected chi connectivity index (χ1v) is 5.37. The van der Waals surface area contributed by atoms with Crippen LogP contribution < -0.4 is 5.32 Å². The molecule has 98 valence electrons. The molecule has 1 nitrogen and oxygen atoms in total. The van der Waals surface area contributed by atoms with E-state index in [0.717, 1.165) is 12.1 Å². The number of benzene rings is 1. The molecule has 0 aromatic heterocycles. The topological polar surface area (TPSA) is 12.0 Å². The van der Waals surface area contributed by atoms with Crippen molar-refractivity contribution in [3.63, 3.8) is 0 Å². The van der Waals surface area contributed by atoms with Crippen LogP contribution in [0.4, 0.5) is 17.6 Å². The number of rotatable bonds is 4. The summed E-state index contributed by atoms with van der Waals surface area (Å²) in [6.45, 7) is 1.77. The minimum atomic E-state index is -4.56. The van der Waals surface area contributed by atoms with E-state index in [-0.39, 0.29) is 18.2 Å². The fraction of sp³-hybridized carbons (Fsp3) is 0.385. The number of nitrogens with one attached hydrogen (secondary N) is 1. The molecule has 0 saturated carbocycles. The van der Waals surface area contributed by atoms with E-state index >= 15 is 0 Å². The van der Waals surface area contributed by atoms with Crippen LogP contribution in [-0.2, 0) is 12.7 Å². The summed E-state index contributed by atoms with van der Waals surface area (Å²) >= 11 is 0. The molecule has 0 aliphatic heterocycles. The van der Waals surface area contributed by atoms with Gasteiger partial charge in [0.1, 0.15) is 5.82 Å². The molecule has 1 rings (SSSR count). The molecule has 0 amide bonds. The van der Waals surface area contributed by atoms with Gasteiger partial charge in [0.05, 0.1) is 5.56 Å². The Morgan fingerprint density at radius 3 is 2.61 bits per heavy atom. The Labute approximate surface area is 103 Å². The molecule has 18 heavy (non-hydrogen) atoms. The molecule has 0 bridgehead atoms. The molecule has 0 radical (unpaired) electrons. The van der Waals surface area contributed by atoms with Gasteiger partial charge in [-0.1, -0.05) is 6.07 Å². The normalized spacial score (nSPS) is 13.1. The van der Waals surface area contributed by atoms with E-state index in [9.17, 15) is 17.6 Å². The van der Waals surface area contributed by atoms with Gasteiger partial charge in [-0.05, 0) is 24.6 Å². The summed E-state index contributed by atoms with van der Waals surface area (Å²) in [5, 5.41) is 2.87. The molecule has 1 atom stereocenters. The third-order valence-electron chi connectivity index (χ3n) is 2.44. The smallest absolute Gasteiger partial charge is 0.309 e. The number of terminal acetylenes is 1. The predicted molar refractivity (Wildman–Crippen MR) is 61.2 cm³/mol. The zero-order valence-electron chi connectivity index (χ0n) is 9.81. The Morgan fingerprint density at radius 2 is 2.06 bits per heavy atom. The third kappa shape index (κ3) is 4.04. The van der Waals surface area contributed by atoms with E-state index in [2.05, 4.69) is 11.2 Å². The lowest BCUT2D eigenvalue weighted by Crippen LogP contribution is -2.26. The van der Waals surface area contributed by atoms with E-state index in [0.29, 0.717) is 12.5 Å². The van der Waals surface area contributed by atoms with Crippen LogP contribution in [0.3, 0.4) is 0 Å². The Hall–Kier alpha value is -1.54. The molecular weight excluding hydrogens is 246 g/mol. The SMILES string of the molecule is C#CCC(C)NCc1ccc(F)cc1C(F)(F)F. The van der Waals surface area contributed by atoms with Crippen molar-refractivity contribution in [3.8, 4) is 12.3 Å². The van der Waals surface area contributed by atoms with Gasteiger partial charge in [-0.2, -0.15) is 13.2 Å². The van der Waals surface area contributed by atoms with Crippen LogP contribution in [0.2, 0.25) is 0 Å². The molecule has 1 aromatic rings. The van der Waals surface area contributed by atoms with Crippen molar-refractivity contribution in [3.05, 3.63) is 35.1 Å². The molecule has 0 saturated heterocycles. The third-order valence-corrected chi connectivity index (χ3v) is 2.44. The summed E-state index contributed by atoms with van der Waals surface area (Å²) in [6.07, 6.45) is 0.956. The van der Waals surface area contributed by atoms with Crippen molar-refractivity contribution in [2.24, 2.45) is 0 Å². The zero-order valence-corrected chi connectivity index (χ0v) is 9.81. The standard InChI is InChI=1S/C13H13F4N/c1-3-4-9(2)18-8-10-5-6-11(14)7-12(10)13(15,16)17/h1,5-7,9,18H,4,8H2,2H3. The number of hydrogen-bond acceptors (Lipinski definition) is 1. The maximum absolute atomic E-state index is 12.9. The molecule has 0 fully saturated rings. The summed E-state index contributed by atoms with van der Waals surface area (Å²) in [5.74, 6) is 1.51. The van der Waals surface area contributed by atoms with Gasteiger partial charge in [-0.25, -0.2) is 4.39 Å². The summed E-state index contributed by atoms with van der Waals surface area (Å²) in [7, 11) is 0. The van der Waals surface area contributed by atoms with Gasteiger partial charge in [-0.15, -0.1) is 12.3 Å². The molecule has 0 aliphatic carbocycles. The number of alkyl halides is 3. The van der Waals surface area contributed by atoms with Crippen LogP contribution in [0.25, 0.3) is 0 Å².